The first kappa shape index (κ1) is 21.7. The molecule has 4 aromatic rings. The van der Waals surface area contributed by atoms with Gasteiger partial charge in [0.1, 0.15) is 23.1 Å². The van der Waals surface area contributed by atoms with Gasteiger partial charge in [0.2, 0.25) is 0 Å². The van der Waals surface area contributed by atoms with E-state index in [1.54, 1.807) is 18.6 Å². The zero-order valence-corrected chi connectivity index (χ0v) is 19.4. The molecule has 172 valence electrons. The molecule has 2 N–H and O–H groups in total. The van der Waals surface area contributed by atoms with Crippen molar-refractivity contribution in [1.82, 2.24) is 19.6 Å². The van der Waals surface area contributed by atoms with Gasteiger partial charge in [0.25, 0.3) is 0 Å². The molecular weight excluding hydrogens is 420 g/mol. The van der Waals surface area contributed by atoms with Crippen molar-refractivity contribution in [3.8, 4) is 23.2 Å². The Hall–Kier alpha value is -4.11. The molecule has 0 amide bonds. The van der Waals surface area contributed by atoms with Crippen LogP contribution in [0.2, 0.25) is 0 Å². The number of nitrogens with zero attached hydrogens (tertiary/aromatic N) is 5. The maximum atomic E-state index is 6.09. The molecule has 0 spiro atoms. The third-order valence-electron chi connectivity index (χ3n) is 6.17. The highest BCUT2D eigenvalue weighted by atomic mass is 15.3. The molecule has 0 saturated carbocycles. The minimum Gasteiger partial charge on any atom is -0.399 e. The van der Waals surface area contributed by atoms with Crippen LogP contribution in [-0.4, -0.2) is 32.7 Å². The van der Waals surface area contributed by atoms with Gasteiger partial charge in [-0.3, -0.25) is 9.97 Å². The fourth-order valence-corrected chi connectivity index (χ4v) is 4.14. The third kappa shape index (κ3) is 4.79. The molecule has 2 aliphatic rings. The Morgan fingerprint density at radius 2 is 1.91 bits per heavy atom. The minimum absolute atomic E-state index is 0. The number of anilines is 2. The predicted molar refractivity (Wildman–Crippen MR) is 140 cm³/mol. The lowest BCUT2D eigenvalue weighted by atomic mass is 10.0. The molecule has 1 aromatic carbocycles. The van der Waals surface area contributed by atoms with Gasteiger partial charge in [-0.1, -0.05) is 55.2 Å². The summed E-state index contributed by atoms with van der Waals surface area (Å²) in [5.74, 6) is 7.52. The van der Waals surface area contributed by atoms with Crippen LogP contribution >= 0.6 is 0 Å². The smallest absolute Gasteiger partial charge is 0.132 e. The molecule has 1 aliphatic carbocycles. The highest BCUT2D eigenvalue weighted by Crippen LogP contribution is 2.28. The lowest BCUT2D eigenvalue weighted by Crippen LogP contribution is -2.32. The summed E-state index contributed by atoms with van der Waals surface area (Å²) < 4.78 is 1.94. The molecule has 6 heteroatoms. The largest absolute Gasteiger partial charge is 0.399 e. The van der Waals surface area contributed by atoms with Gasteiger partial charge >= 0.3 is 0 Å². The van der Waals surface area contributed by atoms with Gasteiger partial charge in [-0.25, -0.2) is 4.52 Å². The summed E-state index contributed by atoms with van der Waals surface area (Å²) in [6, 6.07) is 14.5. The summed E-state index contributed by atoms with van der Waals surface area (Å²) in [5, 5.41) is 4.71. The quantitative estimate of drug-likeness (QED) is 0.345. The van der Waals surface area contributed by atoms with Gasteiger partial charge in [-0.15, -0.1) is 0 Å². The second-order valence-electron chi connectivity index (χ2n) is 8.66. The summed E-state index contributed by atoms with van der Waals surface area (Å²) in [5.41, 5.74) is 13.4. The summed E-state index contributed by atoms with van der Waals surface area (Å²) >= 11 is 0. The molecule has 1 saturated heterocycles. The van der Waals surface area contributed by atoms with E-state index in [1.165, 1.54) is 16.7 Å². The lowest BCUT2D eigenvalue weighted by molar-refractivity contribution is 0.669. The van der Waals surface area contributed by atoms with Crippen molar-refractivity contribution in [3.63, 3.8) is 0 Å². The number of benzene rings is 1. The van der Waals surface area contributed by atoms with Gasteiger partial charge in [0.05, 0.1) is 11.7 Å². The van der Waals surface area contributed by atoms with Gasteiger partial charge in [0, 0.05) is 38.7 Å². The first-order valence-corrected chi connectivity index (χ1v) is 11.7. The number of nitrogen functional groups attached to an aromatic ring is 1. The van der Waals surface area contributed by atoms with Gasteiger partial charge in [-0.05, 0) is 42.5 Å². The van der Waals surface area contributed by atoms with Crippen molar-refractivity contribution in [1.29, 1.82) is 0 Å². The number of fused-ring (bicyclic) bond motifs is 1. The molecule has 0 unspecified atom stereocenters. The van der Waals surface area contributed by atoms with Crippen LogP contribution in [0.15, 0.2) is 73.2 Å². The maximum Gasteiger partial charge on any atom is 0.132 e. The first-order valence-electron chi connectivity index (χ1n) is 11.7. The Labute approximate surface area is 201 Å². The van der Waals surface area contributed by atoms with Crippen molar-refractivity contribution in [2.75, 3.05) is 23.7 Å². The topological polar surface area (TPSA) is 72.3 Å². The minimum atomic E-state index is 0. The van der Waals surface area contributed by atoms with E-state index < -0.39 is 0 Å². The van der Waals surface area contributed by atoms with Crippen LogP contribution < -0.4 is 10.6 Å². The zero-order chi connectivity index (χ0) is 23.5. The molecule has 1 aliphatic heterocycles. The fraction of sp³-hybridized carbons (Fsp3) is 0.250. The summed E-state index contributed by atoms with van der Waals surface area (Å²) in [6.45, 7) is 8.13. The predicted octanol–water partition coefficient (Wildman–Crippen LogP) is 5.13. The lowest BCUT2D eigenvalue weighted by Gasteiger charge is -2.30. The van der Waals surface area contributed by atoms with Crippen LogP contribution in [-0.2, 0) is 6.42 Å². The highest BCUT2D eigenvalue weighted by Gasteiger charge is 2.18. The standard InChI is InChI=1S/C17H18N6.C11H10.H2/c1-12-2-6-22(7-3-12)17-9-13(18)8-14-10-15(21-23(14)17)16-11-19-4-5-20-16;1-2-9-4-3-5-11(8-9)10-6-7-10;/h4-5,8-11H,1-3,6-7,18H2;3-5,8,10H,2H2,1H3;1H. The molecule has 6 rings (SSSR count). The van der Waals surface area contributed by atoms with Gasteiger partial charge in [0.15, 0.2) is 0 Å². The van der Waals surface area contributed by atoms with Crippen LogP contribution in [0.25, 0.3) is 16.9 Å². The number of hydrogen-bond acceptors (Lipinski definition) is 5. The van der Waals surface area contributed by atoms with Crippen LogP contribution in [0, 0.1) is 11.8 Å². The molecule has 3 aromatic heterocycles. The average molecular weight is 451 g/mol. The SMILES string of the molecule is C=C1CCN(c2cc(N)cc3cc(-c4cnccn4)nn23)CC1.CCc1cccc(C2C#C2)c1.[HH]. The van der Waals surface area contributed by atoms with Crippen molar-refractivity contribution >= 4 is 17.0 Å². The highest BCUT2D eigenvalue weighted by molar-refractivity contribution is 5.70. The number of aromatic nitrogens is 4. The Kier molecular flexibility index (Phi) is 6.01. The van der Waals surface area contributed by atoms with E-state index in [0.29, 0.717) is 5.92 Å². The van der Waals surface area contributed by atoms with E-state index in [2.05, 4.69) is 64.5 Å². The number of aryl methyl sites for hydroxylation is 1. The van der Waals surface area contributed by atoms with E-state index in [4.69, 9.17) is 10.8 Å². The van der Waals surface area contributed by atoms with Crippen molar-refractivity contribution in [2.24, 2.45) is 0 Å². The number of piperidine rings is 1. The van der Waals surface area contributed by atoms with Crippen molar-refractivity contribution < 1.29 is 1.43 Å². The molecule has 0 radical (unpaired) electrons. The van der Waals surface area contributed by atoms with Crippen LogP contribution in [0.5, 0.6) is 0 Å². The van der Waals surface area contributed by atoms with Crippen LogP contribution in [0.4, 0.5) is 11.5 Å². The van der Waals surface area contributed by atoms with Crippen LogP contribution in [0.3, 0.4) is 0 Å². The van der Waals surface area contributed by atoms with E-state index in [1.807, 2.05) is 22.7 Å². The number of pyridine rings is 1. The molecule has 0 bridgehead atoms. The Morgan fingerprint density at radius 1 is 1.09 bits per heavy atom. The fourth-order valence-electron chi connectivity index (χ4n) is 4.14. The normalized spacial score (nSPS) is 14.9. The molecule has 1 fully saturated rings. The molecular formula is C28H30N6. The second kappa shape index (κ2) is 9.40. The van der Waals surface area contributed by atoms with E-state index in [-0.39, 0.29) is 1.43 Å². The van der Waals surface area contributed by atoms with Crippen molar-refractivity contribution in [2.45, 2.75) is 32.1 Å². The first-order chi connectivity index (χ1) is 16.6. The van der Waals surface area contributed by atoms with Crippen molar-refractivity contribution in [3.05, 3.63) is 84.3 Å². The number of rotatable bonds is 4. The van der Waals surface area contributed by atoms with E-state index in [0.717, 1.165) is 60.8 Å². The molecule has 0 atom stereocenters. The summed E-state index contributed by atoms with van der Waals surface area (Å²) in [4.78, 5) is 10.7. The van der Waals surface area contributed by atoms with E-state index >= 15 is 0 Å². The van der Waals surface area contributed by atoms with Gasteiger partial charge in [-0.2, -0.15) is 5.10 Å². The number of hydrogen-bond donors (Lipinski definition) is 1. The zero-order valence-electron chi connectivity index (χ0n) is 19.4. The third-order valence-corrected chi connectivity index (χ3v) is 6.17. The van der Waals surface area contributed by atoms with E-state index in [9.17, 15) is 0 Å². The average Bonchev–Trinajstić information content (AvgIpc) is 3.64. The Bertz CT molecular complexity index is 1380. The van der Waals surface area contributed by atoms with Gasteiger partial charge < -0.3 is 10.6 Å². The Morgan fingerprint density at radius 3 is 2.62 bits per heavy atom. The molecule has 6 nitrogen and oxygen atoms in total. The second-order valence-corrected chi connectivity index (χ2v) is 8.66. The molecule has 34 heavy (non-hydrogen) atoms. The summed E-state index contributed by atoms with van der Waals surface area (Å²) in [7, 11) is 0. The Balaban J connectivity index is 0.000000203. The van der Waals surface area contributed by atoms with Crippen LogP contribution in [0.1, 0.15) is 38.2 Å². The number of nitrogens with two attached hydrogens (primary N) is 1. The maximum absolute atomic E-state index is 6.09. The monoisotopic (exact) mass is 450 g/mol. The molecule has 4 heterocycles. The summed E-state index contributed by atoms with van der Waals surface area (Å²) in [6.07, 6.45) is 8.17.